The number of carbonyl (C=O) groups excluding carboxylic acids is 1. The van der Waals surface area contributed by atoms with Crippen molar-refractivity contribution in [3.63, 3.8) is 0 Å². The van der Waals surface area contributed by atoms with Crippen molar-refractivity contribution in [3.05, 3.63) is 39.4 Å². The number of isocyanates is 1. The van der Waals surface area contributed by atoms with Gasteiger partial charge in [0.05, 0.1) is 16.5 Å². The van der Waals surface area contributed by atoms with E-state index in [1.54, 1.807) is 26.0 Å². The molecule has 1 atom stereocenters. The van der Waals surface area contributed by atoms with Crippen LogP contribution in [0.3, 0.4) is 0 Å². The van der Waals surface area contributed by atoms with E-state index in [4.69, 9.17) is 0 Å². The molecule has 0 aliphatic rings. The lowest BCUT2D eigenvalue weighted by molar-refractivity contribution is -0.385. The Bertz CT molecular complexity index is 436. The molecule has 0 aromatic heterocycles. The average Bonchev–Trinajstić information content (AvgIpc) is 2.17. The average molecular weight is 206 g/mol. The van der Waals surface area contributed by atoms with Crippen molar-refractivity contribution in [2.24, 2.45) is 4.99 Å². The number of aryl methyl sites for hydroxylation is 1. The molecule has 1 aromatic rings. The molecule has 0 N–H and O–H groups in total. The number of benzene rings is 1. The minimum absolute atomic E-state index is 0.0125. The van der Waals surface area contributed by atoms with Crippen LogP contribution < -0.4 is 0 Å². The molecule has 1 aromatic carbocycles. The Balaban J connectivity index is 3.36. The molecule has 0 saturated carbocycles. The molecule has 78 valence electrons. The molecule has 0 bridgehead atoms. The fourth-order valence-corrected chi connectivity index (χ4v) is 1.51. The van der Waals surface area contributed by atoms with Crippen molar-refractivity contribution in [2.75, 3.05) is 0 Å². The van der Waals surface area contributed by atoms with Gasteiger partial charge in [-0.25, -0.2) is 4.79 Å². The number of hydrogen-bond acceptors (Lipinski definition) is 4. The Morgan fingerprint density at radius 3 is 2.73 bits per heavy atom. The van der Waals surface area contributed by atoms with E-state index < -0.39 is 11.0 Å². The largest absolute Gasteiger partial charge is 0.275 e. The monoisotopic (exact) mass is 206 g/mol. The third kappa shape index (κ3) is 2.27. The van der Waals surface area contributed by atoms with Gasteiger partial charge in [0.1, 0.15) is 0 Å². The van der Waals surface area contributed by atoms with Gasteiger partial charge in [0.15, 0.2) is 0 Å². The van der Waals surface area contributed by atoms with E-state index in [1.807, 2.05) is 0 Å². The summed E-state index contributed by atoms with van der Waals surface area (Å²) in [5.41, 5.74) is 1.20. The van der Waals surface area contributed by atoms with E-state index in [2.05, 4.69) is 4.99 Å². The van der Waals surface area contributed by atoms with Gasteiger partial charge >= 0.3 is 0 Å². The molecule has 0 amide bonds. The van der Waals surface area contributed by atoms with Gasteiger partial charge in [-0.05, 0) is 19.4 Å². The van der Waals surface area contributed by atoms with E-state index in [0.717, 1.165) is 5.56 Å². The van der Waals surface area contributed by atoms with Crippen LogP contribution >= 0.6 is 0 Å². The molecule has 1 unspecified atom stereocenters. The number of nitrogens with zero attached hydrogens (tertiary/aromatic N) is 2. The first-order chi connectivity index (χ1) is 7.07. The molecule has 0 spiro atoms. The lowest BCUT2D eigenvalue weighted by Gasteiger charge is -2.08. The first-order valence-electron chi connectivity index (χ1n) is 4.38. The quantitative estimate of drug-likeness (QED) is 0.329. The van der Waals surface area contributed by atoms with Gasteiger partial charge in [-0.2, -0.15) is 4.99 Å². The first-order valence-corrected chi connectivity index (χ1v) is 4.38. The molecular weight excluding hydrogens is 196 g/mol. The second-order valence-corrected chi connectivity index (χ2v) is 3.16. The summed E-state index contributed by atoms with van der Waals surface area (Å²) in [6.45, 7) is 3.37. The maximum absolute atomic E-state index is 10.7. The lowest BCUT2D eigenvalue weighted by Crippen LogP contribution is -2.00. The van der Waals surface area contributed by atoms with Crippen molar-refractivity contribution >= 4 is 11.8 Å². The van der Waals surface area contributed by atoms with Crippen molar-refractivity contribution in [2.45, 2.75) is 19.9 Å². The van der Waals surface area contributed by atoms with E-state index in [9.17, 15) is 14.9 Å². The maximum atomic E-state index is 10.7. The highest BCUT2D eigenvalue weighted by Gasteiger charge is 2.20. The van der Waals surface area contributed by atoms with Crippen molar-refractivity contribution in [1.82, 2.24) is 0 Å². The van der Waals surface area contributed by atoms with E-state index >= 15 is 0 Å². The number of hydrogen-bond donors (Lipinski definition) is 0. The highest BCUT2D eigenvalue weighted by Crippen LogP contribution is 2.29. The number of nitro groups is 1. The lowest BCUT2D eigenvalue weighted by atomic mass is 10.0. The number of rotatable bonds is 3. The minimum atomic E-state index is -0.538. The number of nitro benzene ring substituents is 1. The van der Waals surface area contributed by atoms with E-state index in [0.29, 0.717) is 5.56 Å². The Hall–Kier alpha value is -2.00. The van der Waals surface area contributed by atoms with E-state index in [1.165, 1.54) is 12.1 Å². The summed E-state index contributed by atoms with van der Waals surface area (Å²) in [4.78, 5) is 23.9. The summed E-state index contributed by atoms with van der Waals surface area (Å²) < 4.78 is 0. The topological polar surface area (TPSA) is 72.6 Å². The van der Waals surface area contributed by atoms with Crippen molar-refractivity contribution in [1.29, 1.82) is 0 Å². The first kappa shape index (κ1) is 11.1. The molecule has 0 fully saturated rings. The standard InChI is InChI=1S/C10H10N2O3/c1-7-4-3-5-9(12(14)15)10(7)8(2)11-6-13/h3-5,8H,1-2H3. The van der Waals surface area contributed by atoms with Gasteiger partial charge in [-0.1, -0.05) is 12.1 Å². The second-order valence-electron chi connectivity index (χ2n) is 3.16. The van der Waals surface area contributed by atoms with Gasteiger partial charge < -0.3 is 0 Å². The van der Waals surface area contributed by atoms with Crippen LogP contribution in [0.5, 0.6) is 0 Å². The van der Waals surface area contributed by atoms with Crippen LogP contribution in [0.4, 0.5) is 5.69 Å². The van der Waals surface area contributed by atoms with Crippen LogP contribution in [-0.4, -0.2) is 11.0 Å². The highest BCUT2D eigenvalue weighted by molar-refractivity contribution is 5.48. The van der Waals surface area contributed by atoms with Crippen LogP contribution in [0.15, 0.2) is 23.2 Å². The van der Waals surface area contributed by atoms with Crippen LogP contribution in [0.2, 0.25) is 0 Å². The van der Waals surface area contributed by atoms with Crippen LogP contribution in [0.1, 0.15) is 24.1 Å². The summed E-state index contributed by atoms with van der Waals surface area (Å²) in [5.74, 6) is 0. The Morgan fingerprint density at radius 1 is 1.53 bits per heavy atom. The summed E-state index contributed by atoms with van der Waals surface area (Å²) in [5, 5.41) is 10.7. The fraction of sp³-hybridized carbons (Fsp3) is 0.300. The van der Waals surface area contributed by atoms with Crippen molar-refractivity contribution in [3.8, 4) is 0 Å². The van der Waals surface area contributed by atoms with E-state index in [-0.39, 0.29) is 5.69 Å². The third-order valence-electron chi connectivity index (χ3n) is 2.16. The zero-order valence-electron chi connectivity index (χ0n) is 8.43. The zero-order valence-corrected chi connectivity index (χ0v) is 8.43. The predicted molar refractivity (Wildman–Crippen MR) is 54.4 cm³/mol. The normalized spacial score (nSPS) is 11.6. The van der Waals surface area contributed by atoms with Crippen LogP contribution in [0.25, 0.3) is 0 Å². The molecule has 0 heterocycles. The molecular formula is C10H10N2O3. The molecule has 0 radical (unpaired) electrons. The molecule has 0 aliphatic carbocycles. The zero-order chi connectivity index (χ0) is 11.4. The smallest absolute Gasteiger partial charge is 0.258 e. The van der Waals surface area contributed by atoms with Gasteiger partial charge in [-0.15, -0.1) is 0 Å². The van der Waals surface area contributed by atoms with Gasteiger partial charge in [0.25, 0.3) is 5.69 Å². The molecule has 1 rings (SSSR count). The third-order valence-corrected chi connectivity index (χ3v) is 2.16. The highest BCUT2D eigenvalue weighted by atomic mass is 16.6. The molecule has 0 aliphatic heterocycles. The SMILES string of the molecule is Cc1cccc([N+](=O)[O-])c1C(C)N=C=O. The maximum Gasteiger partial charge on any atom is 0.275 e. The van der Waals surface area contributed by atoms with Crippen molar-refractivity contribution < 1.29 is 9.72 Å². The fourth-order valence-electron chi connectivity index (χ4n) is 1.51. The Labute approximate surface area is 86.6 Å². The van der Waals surface area contributed by atoms with Crippen LogP contribution in [0, 0.1) is 17.0 Å². The second kappa shape index (κ2) is 4.48. The molecule has 15 heavy (non-hydrogen) atoms. The predicted octanol–water partition coefficient (Wildman–Crippen LogP) is 2.30. The van der Waals surface area contributed by atoms with Crippen LogP contribution in [-0.2, 0) is 4.79 Å². The summed E-state index contributed by atoms with van der Waals surface area (Å²) in [6, 6.07) is 4.22. The molecule has 0 saturated heterocycles. The van der Waals surface area contributed by atoms with Gasteiger partial charge in [-0.3, -0.25) is 10.1 Å². The molecule has 5 heteroatoms. The summed E-state index contributed by atoms with van der Waals surface area (Å²) >= 11 is 0. The summed E-state index contributed by atoms with van der Waals surface area (Å²) in [7, 11) is 0. The van der Waals surface area contributed by atoms with Gasteiger partial charge in [0.2, 0.25) is 6.08 Å². The number of aliphatic imine (C=N–C) groups is 1. The Morgan fingerprint density at radius 2 is 2.20 bits per heavy atom. The Kier molecular flexibility index (Phi) is 3.31. The van der Waals surface area contributed by atoms with Gasteiger partial charge in [0, 0.05) is 6.07 Å². The minimum Gasteiger partial charge on any atom is -0.258 e. The molecule has 5 nitrogen and oxygen atoms in total. The summed E-state index contributed by atoms with van der Waals surface area (Å²) in [6.07, 6.45) is 1.41.